The quantitative estimate of drug-likeness (QED) is 0.678. The number of ketones is 1. The van der Waals surface area contributed by atoms with Crippen molar-refractivity contribution in [1.29, 1.82) is 0 Å². The van der Waals surface area contributed by atoms with Crippen LogP contribution in [-0.4, -0.2) is 33.0 Å². The Bertz CT molecular complexity index is 983. The Hall–Kier alpha value is -2.37. The molecular formula is C21H23ClN2O3. The summed E-state index contributed by atoms with van der Waals surface area (Å²) >= 11 is 0. The van der Waals surface area contributed by atoms with Crippen molar-refractivity contribution in [2.45, 2.75) is 38.7 Å². The average Bonchev–Trinajstić information content (AvgIpc) is 3.12. The van der Waals surface area contributed by atoms with Crippen LogP contribution in [-0.2, 0) is 6.42 Å². The first-order valence-corrected chi connectivity index (χ1v) is 8.99. The molecule has 6 heteroatoms. The fourth-order valence-corrected chi connectivity index (χ4v) is 3.96. The molecule has 0 bridgehead atoms. The molecule has 0 aliphatic heterocycles. The highest BCUT2D eigenvalue weighted by Gasteiger charge is 2.33. The van der Waals surface area contributed by atoms with Gasteiger partial charge in [0, 0.05) is 18.5 Å². The minimum Gasteiger partial charge on any atom is -0.490 e. The van der Waals surface area contributed by atoms with Crippen molar-refractivity contribution in [2.75, 3.05) is 6.61 Å². The third kappa shape index (κ3) is 3.33. The number of aliphatic hydroxyl groups is 1. The number of carbonyl (C=O) groups is 1. The number of halogens is 1. The molecule has 0 saturated carbocycles. The number of aryl methyl sites for hydroxylation is 1. The maximum absolute atomic E-state index is 13.1. The maximum atomic E-state index is 13.1. The second-order valence-corrected chi connectivity index (χ2v) is 6.75. The van der Waals surface area contributed by atoms with E-state index >= 15 is 0 Å². The minimum absolute atomic E-state index is 0. The van der Waals surface area contributed by atoms with E-state index in [1.165, 1.54) is 0 Å². The molecule has 0 amide bonds. The van der Waals surface area contributed by atoms with Crippen LogP contribution in [0.2, 0.25) is 0 Å². The van der Waals surface area contributed by atoms with E-state index in [1.807, 2.05) is 56.4 Å². The summed E-state index contributed by atoms with van der Waals surface area (Å²) in [6, 6.07) is 11.7. The molecule has 0 radical (unpaired) electrons. The lowest BCUT2D eigenvalue weighted by molar-refractivity contribution is 0.0915. The zero-order valence-corrected chi connectivity index (χ0v) is 16.2. The number of hydrogen-bond donors (Lipinski definition) is 1. The lowest BCUT2D eigenvalue weighted by Crippen LogP contribution is -2.18. The number of nitrogens with zero attached hydrogens (tertiary/aromatic N) is 2. The van der Waals surface area contributed by atoms with Crippen LogP contribution in [0.15, 0.2) is 42.6 Å². The fourth-order valence-electron chi connectivity index (χ4n) is 3.96. The van der Waals surface area contributed by atoms with Gasteiger partial charge in [-0.15, -0.1) is 12.4 Å². The molecule has 1 N–H and O–H groups in total. The monoisotopic (exact) mass is 386 g/mol. The van der Waals surface area contributed by atoms with Crippen molar-refractivity contribution in [2.24, 2.45) is 0 Å². The molecule has 1 aliphatic rings. The van der Waals surface area contributed by atoms with Gasteiger partial charge in [-0.25, -0.2) is 4.98 Å². The standard InChI is InChI=1S/C21H22N2O3.ClH/c1-3-26-19-9-6-10-23-20(13(2)22-21(19)23)18(25)12-16-15-8-5-4-7-14(15)11-17(16)24;/h4-10,16-17,24H,3,11-12H2,1-2H3;1H/t16-,17+;/m0./s1. The van der Waals surface area contributed by atoms with Gasteiger partial charge in [0.1, 0.15) is 5.69 Å². The number of pyridine rings is 1. The topological polar surface area (TPSA) is 63.8 Å². The molecule has 3 aromatic rings. The minimum atomic E-state index is -0.519. The van der Waals surface area contributed by atoms with E-state index in [0.29, 0.717) is 35.8 Å². The van der Waals surface area contributed by atoms with E-state index in [0.717, 1.165) is 11.1 Å². The third-order valence-electron chi connectivity index (χ3n) is 5.11. The number of rotatable bonds is 5. The van der Waals surface area contributed by atoms with Crippen LogP contribution >= 0.6 is 12.4 Å². The van der Waals surface area contributed by atoms with E-state index in [1.54, 1.807) is 4.40 Å². The molecule has 0 saturated heterocycles. The van der Waals surface area contributed by atoms with Gasteiger partial charge >= 0.3 is 0 Å². The molecule has 27 heavy (non-hydrogen) atoms. The van der Waals surface area contributed by atoms with Gasteiger partial charge < -0.3 is 9.84 Å². The van der Waals surface area contributed by atoms with Crippen molar-refractivity contribution < 1.29 is 14.6 Å². The Labute approximate surface area is 164 Å². The molecule has 5 nitrogen and oxygen atoms in total. The highest BCUT2D eigenvalue weighted by molar-refractivity contribution is 5.97. The number of ether oxygens (including phenoxy) is 1. The van der Waals surface area contributed by atoms with Gasteiger partial charge in [0.05, 0.1) is 18.4 Å². The summed E-state index contributed by atoms with van der Waals surface area (Å²) in [5.41, 5.74) is 4.12. The maximum Gasteiger partial charge on any atom is 0.182 e. The Balaban J connectivity index is 0.00000210. The predicted molar refractivity (Wildman–Crippen MR) is 106 cm³/mol. The number of benzene rings is 1. The van der Waals surface area contributed by atoms with Gasteiger partial charge in [-0.2, -0.15) is 0 Å². The number of carbonyl (C=O) groups excluding carboxylic acids is 1. The summed E-state index contributed by atoms with van der Waals surface area (Å²) in [6.45, 7) is 4.30. The van der Waals surface area contributed by atoms with Crippen molar-refractivity contribution in [3.8, 4) is 5.75 Å². The van der Waals surface area contributed by atoms with Crippen LogP contribution in [0.4, 0.5) is 0 Å². The van der Waals surface area contributed by atoms with Crippen LogP contribution in [0.1, 0.15) is 46.6 Å². The van der Waals surface area contributed by atoms with Crippen LogP contribution < -0.4 is 4.74 Å². The number of aliphatic hydroxyl groups excluding tert-OH is 1. The summed E-state index contributed by atoms with van der Waals surface area (Å²) in [7, 11) is 0. The summed E-state index contributed by atoms with van der Waals surface area (Å²) in [6.07, 6.45) is 2.19. The smallest absolute Gasteiger partial charge is 0.182 e. The SMILES string of the molecule is CCOc1cccn2c(C(=O)C[C@H]3c4ccccc4C[C@H]3O)c(C)nc12.Cl. The third-order valence-corrected chi connectivity index (χ3v) is 5.11. The van der Waals surface area contributed by atoms with Crippen molar-refractivity contribution in [3.63, 3.8) is 0 Å². The normalized spacial score (nSPS) is 18.2. The first-order chi connectivity index (χ1) is 12.6. The van der Waals surface area contributed by atoms with E-state index in [4.69, 9.17) is 4.74 Å². The Morgan fingerprint density at radius 1 is 1.30 bits per heavy atom. The van der Waals surface area contributed by atoms with E-state index < -0.39 is 6.10 Å². The molecule has 2 atom stereocenters. The summed E-state index contributed by atoms with van der Waals surface area (Å²) in [5.74, 6) is 0.492. The van der Waals surface area contributed by atoms with Gasteiger partial charge in [-0.3, -0.25) is 9.20 Å². The Morgan fingerprint density at radius 2 is 2.07 bits per heavy atom. The second-order valence-electron chi connectivity index (χ2n) is 6.75. The average molecular weight is 387 g/mol. The number of fused-ring (bicyclic) bond motifs is 2. The van der Waals surface area contributed by atoms with E-state index in [2.05, 4.69) is 4.98 Å². The molecule has 0 unspecified atom stereocenters. The molecule has 0 fully saturated rings. The van der Waals surface area contributed by atoms with Crippen molar-refractivity contribution in [1.82, 2.24) is 9.38 Å². The van der Waals surface area contributed by atoms with Gasteiger partial charge in [0.2, 0.25) is 0 Å². The number of aromatic nitrogens is 2. The number of imidazole rings is 1. The molecule has 1 aliphatic carbocycles. The Kier molecular flexibility index (Phi) is 5.53. The highest BCUT2D eigenvalue weighted by atomic mass is 35.5. The summed E-state index contributed by atoms with van der Waals surface area (Å²) < 4.78 is 7.43. The van der Waals surface area contributed by atoms with E-state index in [-0.39, 0.29) is 30.5 Å². The highest BCUT2D eigenvalue weighted by Crippen LogP contribution is 2.37. The van der Waals surface area contributed by atoms with Gasteiger partial charge in [0.25, 0.3) is 0 Å². The molecular weight excluding hydrogens is 364 g/mol. The Morgan fingerprint density at radius 3 is 2.85 bits per heavy atom. The zero-order valence-electron chi connectivity index (χ0n) is 15.4. The van der Waals surface area contributed by atoms with Gasteiger partial charge in [-0.05, 0) is 43.5 Å². The number of Topliss-reactive ketones (excluding diaryl/α,β-unsaturated/α-hetero) is 1. The molecule has 2 aromatic heterocycles. The second kappa shape index (κ2) is 7.71. The first-order valence-electron chi connectivity index (χ1n) is 8.99. The summed E-state index contributed by atoms with van der Waals surface area (Å²) in [5, 5.41) is 10.5. The largest absolute Gasteiger partial charge is 0.490 e. The first kappa shape index (κ1) is 19.4. The molecule has 4 rings (SSSR count). The molecule has 0 spiro atoms. The van der Waals surface area contributed by atoms with Gasteiger partial charge in [-0.1, -0.05) is 24.3 Å². The van der Waals surface area contributed by atoms with Crippen LogP contribution in [0.5, 0.6) is 5.75 Å². The van der Waals surface area contributed by atoms with Crippen molar-refractivity contribution >= 4 is 23.8 Å². The van der Waals surface area contributed by atoms with Crippen molar-refractivity contribution in [3.05, 3.63) is 65.1 Å². The van der Waals surface area contributed by atoms with Crippen LogP contribution in [0.25, 0.3) is 5.65 Å². The molecule has 2 heterocycles. The van der Waals surface area contributed by atoms with Crippen LogP contribution in [0.3, 0.4) is 0 Å². The lowest BCUT2D eigenvalue weighted by atomic mass is 9.93. The van der Waals surface area contributed by atoms with Gasteiger partial charge in [0.15, 0.2) is 17.2 Å². The zero-order chi connectivity index (χ0) is 18.3. The van der Waals surface area contributed by atoms with Crippen LogP contribution in [0, 0.1) is 6.92 Å². The molecule has 1 aromatic carbocycles. The lowest BCUT2D eigenvalue weighted by Gasteiger charge is -2.15. The number of hydrogen-bond acceptors (Lipinski definition) is 4. The molecule has 142 valence electrons. The predicted octanol–water partition coefficient (Wildman–Crippen LogP) is 3.74. The fraction of sp³-hybridized carbons (Fsp3) is 0.333. The summed E-state index contributed by atoms with van der Waals surface area (Å²) in [4.78, 5) is 17.7. The van der Waals surface area contributed by atoms with E-state index in [9.17, 15) is 9.90 Å².